The van der Waals surface area contributed by atoms with Crippen molar-refractivity contribution in [2.45, 2.75) is 31.6 Å². The molecule has 1 saturated heterocycles. The highest BCUT2D eigenvalue weighted by atomic mass is 16.5. The predicted molar refractivity (Wildman–Crippen MR) is 88.8 cm³/mol. The third-order valence-corrected chi connectivity index (χ3v) is 4.69. The Morgan fingerprint density at radius 1 is 1.42 bits per heavy atom. The minimum atomic E-state index is -0.763. The van der Waals surface area contributed by atoms with Gasteiger partial charge in [-0.2, -0.15) is 0 Å². The number of hydrogen-bond acceptors (Lipinski definition) is 5. The van der Waals surface area contributed by atoms with E-state index in [2.05, 4.69) is 0 Å². The van der Waals surface area contributed by atoms with Gasteiger partial charge in [0.15, 0.2) is 0 Å². The maximum atomic E-state index is 12.6. The maximum absolute atomic E-state index is 12.6. The van der Waals surface area contributed by atoms with Crippen LogP contribution in [0.2, 0.25) is 0 Å². The molecule has 0 unspecified atom stereocenters. The van der Waals surface area contributed by atoms with Gasteiger partial charge in [-0.1, -0.05) is 12.1 Å². The van der Waals surface area contributed by atoms with Crippen LogP contribution in [0.1, 0.15) is 11.1 Å². The van der Waals surface area contributed by atoms with E-state index in [1.165, 1.54) is 7.11 Å². The van der Waals surface area contributed by atoms with E-state index >= 15 is 0 Å². The molecule has 3 atom stereocenters. The summed E-state index contributed by atoms with van der Waals surface area (Å²) in [7, 11) is 3.21. The molecule has 24 heavy (non-hydrogen) atoms. The number of carbonyl (C=O) groups excluding carboxylic acids is 1. The standard InChI is InChI=1S/C18H23NO5/c1-11-4-5-13-12(8-24-15(13)6-11)7-17(20)19(2)14-9-23-10-16(22-3)18(14)21/h4-6,8,14,16,18,21H,7,9-10H2,1-3H3/t14-,16-,18+/m1/s1. The summed E-state index contributed by atoms with van der Waals surface area (Å²) in [5.74, 6) is -0.0947. The van der Waals surface area contributed by atoms with Gasteiger partial charge in [-0.25, -0.2) is 0 Å². The number of hydrogen-bond donors (Lipinski definition) is 1. The number of nitrogens with zero attached hydrogens (tertiary/aromatic N) is 1. The van der Waals surface area contributed by atoms with Crippen LogP contribution in [-0.2, 0) is 20.7 Å². The number of benzene rings is 1. The molecule has 130 valence electrons. The molecule has 1 aliphatic heterocycles. The molecular formula is C18H23NO5. The lowest BCUT2D eigenvalue weighted by atomic mass is 10.0. The van der Waals surface area contributed by atoms with Gasteiger partial charge in [-0.3, -0.25) is 4.79 Å². The fourth-order valence-electron chi connectivity index (χ4n) is 3.10. The highest BCUT2D eigenvalue weighted by Gasteiger charge is 2.37. The summed E-state index contributed by atoms with van der Waals surface area (Å²) in [5.41, 5.74) is 2.73. The Morgan fingerprint density at radius 2 is 2.21 bits per heavy atom. The number of methoxy groups -OCH3 is 1. The molecule has 0 bridgehead atoms. The van der Waals surface area contributed by atoms with E-state index in [1.54, 1.807) is 18.2 Å². The molecule has 0 saturated carbocycles. The Kier molecular flexibility index (Phi) is 4.89. The van der Waals surface area contributed by atoms with Crippen molar-refractivity contribution in [3.63, 3.8) is 0 Å². The van der Waals surface area contributed by atoms with Crippen LogP contribution < -0.4 is 0 Å². The van der Waals surface area contributed by atoms with E-state index in [1.807, 2.05) is 25.1 Å². The molecule has 1 aliphatic rings. The smallest absolute Gasteiger partial charge is 0.227 e. The minimum Gasteiger partial charge on any atom is -0.464 e. The average molecular weight is 333 g/mol. The molecule has 1 aromatic carbocycles. The summed E-state index contributed by atoms with van der Waals surface area (Å²) >= 11 is 0. The van der Waals surface area contributed by atoms with Crippen molar-refractivity contribution in [2.24, 2.45) is 0 Å². The molecule has 1 aromatic heterocycles. The SMILES string of the molecule is CO[C@@H]1COC[C@@H](N(C)C(=O)Cc2coc3cc(C)ccc23)[C@@H]1O. The second kappa shape index (κ2) is 6.93. The zero-order valence-corrected chi connectivity index (χ0v) is 14.2. The van der Waals surface area contributed by atoms with Crippen LogP contribution in [0.3, 0.4) is 0 Å². The number of furan rings is 1. The molecule has 2 aromatic rings. The van der Waals surface area contributed by atoms with Gasteiger partial charge in [-0.05, 0) is 18.6 Å². The number of carbonyl (C=O) groups is 1. The fourth-order valence-corrected chi connectivity index (χ4v) is 3.10. The number of amides is 1. The van der Waals surface area contributed by atoms with Crippen LogP contribution in [0.15, 0.2) is 28.9 Å². The topological polar surface area (TPSA) is 72.1 Å². The fraction of sp³-hybridized carbons (Fsp3) is 0.500. The number of rotatable bonds is 4. The third kappa shape index (κ3) is 3.17. The molecule has 0 radical (unpaired) electrons. The third-order valence-electron chi connectivity index (χ3n) is 4.69. The summed E-state index contributed by atoms with van der Waals surface area (Å²) < 4.78 is 16.2. The minimum absolute atomic E-state index is 0.0947. The first-order valence-electron chi connectivity index (χ1n) is 8.02. The van der Waals surface area contributed by atoms with Crippen molar-refractivity contribution in [3.8, 4) is 0 Å². The molecule has 6 nitrogen and oxygen atoms in total. The number of aryl methyl sites for hydroxylation is 1. The molecular weight excluding hydrogens is 310 g/mol. The molecule has 1 N–H and O–H groups in total. The largest absolute Gasteiger partial charge is 0.464 e. The van der Waals surface area contributed by atoms with E-state index in [0.29, 0.717) is 13.2 Å². The van der Waals surface area contributed by atoms with E-state index in [9.17, 15) is 9.90 Å². The second-order valence-corrected chi connectivity index (χ2v) is 6.31. The molecule has 3 rings (SSSR count). The number of aliphatic hydroxyl groups excluding tert-OH is 1. The zero-order chi connectivity index (χ0) is 17.3. The van der Waals surface area contributed by atoms with Gasteiger partial charge >= 0.3 is 0 Å². The van der Waals surface area contributed by atoms with Gasteiger partial charge in [0, 0.05) is 25.1 Å². The Hall–Kier alpha value is -1.89. The lowest BCUT2D eigenvalue weighted by Gasteiger charge is -2.38. The van der Waals surface area contributed by atoms with Crippen LogP contribution in [0.25, 0.3) is 11.0 Å². The Bertz CT molecular complexity index is 725. The van der Waals surface area contributed by atoms with Crippen molar-refractivity contribution in [1.82, 2.24) is 4.90 Å². The molecule has 0 spiro atoms. The predicted octanol–water partition coefficient (Wildman–Crippen LogP) is 1.52. The van der Waals surface area contributed by atoms with Crippen LogP contribution in [-0.4, -0.2) is 61.5 Å². The number of fused-ring (bicyclic) bond motifs is 1. The Labute approximate surface area is 140 Å². The highest BCUT2D eigenvalue weighted by molar-refractivity contribution is 5.88. The van der Waals surface area contributed by atoms with Crippen LogP contribution in [0.5, 0.6) is 0 Å². The molecule has 1 amide bonds. The van der Waals surface area contributed by atoms with Crippen molar-refractivity contribution in [1.29, 1.82) is 0 Å². The second-order valence-electron chi connectivity index (χ2n) is 6.31. The summed E-state index contributed by atoms with van der Waals surface area (Å²) in [5, 5.41) is 11.3. The first-order valence-corrected chi connectivity index (χ1v) is 8.02. The van der Waals surface area contributed by atoms with Crippen molar-refractivity contribution >= 4 is 16.9 Å². The lowest BCUT2D eigenvalue weighted by Crippen LogP contribution is -2.57. The van der Waals surface area contributed by atoms with Crippen molar-refractivity contribution < 1.29 is 23.8 Å². The van der Waals surface area contributed by atoms with Crippen LogP contribution >= 0.6 is 0 Å². The average Bonchev–Trinajstić information content (AvgIpc) is 2.96. The first kappa shape index (κ1) is 17.0. The van der Waals surface area contributed by atoms with Crippen molar-refractivity contribution in [2.75, 3.05) is 27.4 Å². The molecule has 0 aliphatic carbocycles. The van der Waals surface area contributed by atoms with E-state index in [4.69, 9.17) is 13.9 Å². The normalized spacial score (nSPS) is 24.2. The van der Waals surface area contributed by atoms with Crippen LogP contribution in [0, 0.1) is 6.92 Å². The van der Waals surface area contributed by atoms with Gasteiger partial charge in [-0.15, -0.1) is 0 Å². The summed E-state index contributed by atoms with van der Waals surface area (Å²) in [6, 6.07) is 5.50. The van der Waals surface area contributed by atoms with Gasteiger partial charge < -0.3 is 23.9 Å². The molecule has 6 heteroatoms. The number of aliphatic hydroxyl groups is 1. The van der Waals surface area contributed by atoms with Crippen molar-refractivity contribution in [3.05, 3.63) is 35.6 Å². The summed E-state index contributed by atoms with van der Waals surface area (Å²) in [6.45, 7) is 2.63. The summed E-state index contributed by atoms with van der Waals surface area (Å²) in [6.07, 6.45) is 0.660. The molecule has 1 fully saturated rings. The Morgan fingerprint density at radius 3 is 2.96 bits per heavy atom. The van der Waals surface area contributed by atoms with E-state index in [-0.39, 0.29) is 12.3 Å². The number of likely N-dealkylation sites (N-methyl/N-ethyl adjacent to an activating group) is 1. The van der Waals surface area contributed by atoms with E-state index < -0.39 is 18.2 Å². The van der Waals surface area contributed by atoms with Crippen LogP contribution in [0.4, 0.5) is 0 Å². The lowest BCUT2D eigenvalue weighted by molar-refractivity contribution is -0.157. The van der Waals surface area contributed by atoms with Gasteiger partial charge in [0.05, 0.1) is 31.9 Å². The first-order chi connectivity index (χ1) is 11.5. The molecule has 2 heterocycles. The van der Waals surface area contributed by atoms with Gasteiger partial charge in [0.2, 0.25) is 5.91 Å². The zero-order valence-electron chi connectivity index (χ0n) is 14.2. The van der Waals surface area contributed by atoms with E-state index in [0.717, 1.165) is 22.1 Å². The van der Waals surface area contributed by atoms with Gasteiger partial charge in [0.1, 0.15) is 17.8 Å². The number of ether oxygens (including phenoxy) is 2. The Balaban J connectivity index is 1.73. The quantitative estimate of drug-likeness (QED) is 0.918. The maximum Gasteiger partial charge on any atom is 0.227 e. The summed E-state index contributed by atoms with van der Waals surface area (Å²) in [4.78, 5) is 14.2. The van der Waals surface area contributed by atoms with Gasteiger partial charge in [0.25, 0.3) is 0 Å². The monoisotopic (exact) mass is 333 g/mol. The highest BCUT2D eigenvalue weighted by Crippen LogP contribution is 2.24.